The number of para-hydroxylation sites is 2. The Morgan fingerprint density at radius 1 is 0.484 bits per heavy atom. The van der Waals surface area contributed by atoms with E-state index in [2.05, 4.69) is 10.6 Å². The number of carbonyl (C=O) groups is 2. The van der Waals surface area contributed by atoms with Crippen LogP contribution in [0, 0.1) is 0 Å². The third-order valence-electron chi connectivity index (χ3n) is 4.56. The largest absolute Gasteiger partial charge is 0.321 e. The summed E-state index contributed by atoms with van der Waals surface area (Å²) in [6, 6.07) is 33.4. The summed E-state index contributed by atoms with van der Waals surface area (Å²) in [5, 5.41) is 5.97. The molecule has 0 atom stereocenters. The van der Waals surface area contributed by atoms with E-state index in [-0.39, 0.29) is 11.8 Å². The van der Waals surface area contributed by atoms with Crippen LogP contribution in [-0.2, 0) is 0 Å². The molecule has 0 aliphatic rings. The first-order valence-corrected chi connectivity index (χ1v) is 10.6. The van der Waals surface area contributed by atoms with Gasteiger partial charge >= 0.3 is 0 Å². The molecule has 4 aromatic rings. The minimum Gasteiger partial charge on any atom is -0.321 e. The van der Waals surface area contributed by atoms with E-state index >= 15 is 0 Å². The Hall–Kier alpha value is -3.83. The van der Waals surface area contributed by atoms with Crippen molar-refractivity contribution < 1.29 is 9.59 Å². The molecular formula is C26H20N2O2S. The topological polar surface area (TPSA) is 58.2 Å². The highest BCUT2D eigenvalue weighted by Crippen LogP contribution is 2.37. The van der Waals surface area contributed by atoms with Crippen LogP contribution in [0.3, 0.4) is 0 Å². The highest BCUT2D eigenvalue weighted by atomic mass is 32.2. The Bertz CT molecular complexity index is 1100. The number of rotatable bonds is 6. The van der Waals surface area contributed by atoms with Crippen molar-refractivity contribution in [3.8, 4) is 0 Å². The average Bonchev–Trinajstić information content (AvgIpc) is 2.82. The van der Waals surface area contributed by atoms with E-state index in [1.807, 2.05) is 84.9 Å². The molecule has 0 unspecified atom stereocenters. The van der Waals surface area contributed by atoms with E-state index in [9.17, 15) is 9.59 Å². The molecule has 0 aliphatic carbocycles. The van der Waals surface area contributed by atoms with Gasteiger partial charge in [0.2, 0.25) is 0 Å². The van der Waals surface area contributed by atoms with Crippen LogP contribution in [-0.4, -0.2) is 11.8 Å². The summed E-state index contributed by atoms with van der Waals surface area (Å²) in [6.07, 6.45) is 0. The predicted octanol–water partition coefficient (Wildman–Crippen LogP) is 6.34. The Labute approximate surface area is 185 Å². The second-order valence-electron chi connectivity index (χ2n) is 6.73. The lowest BCUT2D eigenvalue weighted by atomic mass is 10.2. The summed E-state index contributed by atoms with van der Waals surface area (Å²) < 4.78 is 0. The summed E-state index contributed by atoms with van der Waals surface area (Å²) in [4.78, 5) is 27.0. The molecule has 0 bridgehead atoms. The maximum Gasteiger partial charge on any atom is 0.255 e. The van der Waals surface area contributed by atoms with E-state index in [0.29, 0.717) is 22.5 Å². The zero-order valence-corrected chi connectivity index (χ0v) is 17.4. The van der Waals surface area contributed by atoms with Gasteiger partial charge in [-0.05, 0) is 48.5 Å². The lowest BCUT2D eigenvalue weighted by Crippen LogP contribution is -2.13. The highest BCUT2D eigenvalue weighted by Gasteiger charge is 2.13. The summed E-state index contributed by atoms with van der Waals surface area (Å²) in [6.45, 7) is 0. The fourth-order valence-electron chi connectivity index (χ4n) is 3.00. The monoisotopic (exact) mass is 424 g/mol. The van der Waals surface area contributed by atoms with Crippen molar-refractivity contribution in [3.05, 3.63) is 120 Å². The summed E-state index contributed by atoms with van der Waals surface area (Å²) >= 11 is 1.49. The lowest BCUT2D eigenvalue weighted by molar-refractivity contribution is 0.101. The zero-order valence-electron chi connectivity index (χ0n) is 16.6. The molecule has 5 heteroatoms. The third kappa shape index (κ3) is 5.21. The van der Waals surface area contributed by atoms with E-state index in [1.54, 1.807) is 24.3 Å². The minimum atomic E-state index is -0.167. The second kappa shape index (κ2) is 9.78. The number of anilines is 2. The highest BCUT2D eigenvalue weighted by molar-refractivity contribution is 7.99. The van der Waals surface area contributed by atoms with Gasteiger partial charge in [0.1, 0.15) is 0 Å². The van der Waals surface area contributed by atoms with Gasteiger partial charge in [0, 0.05) is 20.9 Å². The maximum atomic E-state index is 12.6. The van der Waals surface area contributed by atoms with Gasteiger partial charge < -0.3 is 10.6 Å². The van der Waals surface area contributed by atoms with Crippen LogP contribution < -0.4 is 10.6 Å². The van der Waals surface area contributed by atoms with Gasteiger partial charge in [-0.3, -0.25) is 9.59 Å². The molecule has 152 valence electrons. The minimum absolute atomic E-state index is 0.167. The first-order valence-electron chi connectivity index (χ1n) is 9.79. The van der Waals surface area contributed by atoms with Crippen molar-refractivity contribution in [2.24, 2.45) is 0 Å². The van der Waals surface area contributed by atoms with Gasteiger partial charge in [0.05, 0.1) is 11.4 Å². The van der Waals surface area contributed by atoms with Gasteiger partial charge in [-0.25, -0.2) is 0 Å². The van der Waals surface area contributed by atoms with Crippen LogP contribution in [0.4, 0.5) is 11.4 Å². The van der Waals surface area contributed by atoms with Crippen LogP contribution in [0.2, 0.25) is 0 Å². The Morgan fingerprint density at radius 3 is 1.26 bits per heavy atom. The average molecular weight is 425 g/mol. The summed E-state index contributed by atoms with van der Waals surface area (Å²) in [5.74, 6) is -0.335. The molecule has 0 spiro atoms. The molecular weight excluding hydrogens is 404 g/mol. The molecule has 4 nitrogen and oxygen atoms in total. The van der Waals surface area contributed by atoms with Gasteiger partial charge in [0.15, 0.2) is 0 Å². The number of carbonyl (C=O) groups excluding carboxylic acids is 2. The molecule has 4 rings (SSSR count). The van der Waals surface area contributed by atoms with Gasteiger partial charge in [-0.15, -0.1) is 0 Å². The van der Waals surface area contributed by atoms with Crippen LogP contribution in [0.25, 0.3) is 0 Å². The summed E-state index contributed by atoms with van der Waals surface area (Å²) in [7, 11) is 0. The normalized spacial score (nSPS) is 10.3. The fraction of sp³-hybridized carbons (Fsp3) is 0. The summed E-state index contributed by atoms with van der Waals surface area (Å²) in [5.41, 5.74) is 2.62. The Morgan fingerprint density at radius 2 is 0.839 bits per heavy atom. The van der Waals surface area contributed by atoms with E-state index in [1.165, 1.54) is 11.8 Å². The zero-order chi connectivity index (χ0) is 21.5. The van der Waals surface area contributed by atoms with E-state index in [0.717, 1.165) is 9.79 Å². The molecule has 2 N–H and O–H groups in total. The van der Waals surface area contributed by atoms with Gasteiger partial charge in [-0.1, -0.05) is 72.4 Å². The quantitative estimate of drug-likeness (QED) is 0.380. The van der Waals surface area contributed by atoms with Crippen LogP contribution in [0.15, 0.2) is 119 Å². The molecule has 0 radical (unpaired) electrons. The second-order valence-corrected chi connectivity index (χ2v) is 7.82. The molecule has 0 saturated carbocycles. The van der Waals surface area contributed by atoms with E-state index < -0.39 is 0 Å². The van der Waals surface area contributed by atoms with Crippen molar-refractivity contribution in [2.45, 2.75) is 9.79 Å². The number of benzene rings is 4. The number of nitrogens with one attached hydrogen (secondary N) is 2. The van der Waals surface area contributed by atoms with Crippen LogP contribution in [0.5, 0.6) is 0 Å². The van der Waals surface area contributed by atoms with Crippen molar-refractivity contribution in [1.82, 2.24) is 0 Å². The standard InChI is InChI=1S/C26H20N2O2S/c29-25(19-11-3-1-4-12-19)27-21-15-7-9-17-23(21)31-24-18-10-8-16-22(24)28-26(30)20-13-5-2-6-14-20/h1-18H,(H,27,29)(H,28,30). The van der Waals surface area contributed by atoms with E-state index in [4.69, 9.17) is 0 Å². The molecule has 0 aliphatic heterocycles. The molecule has 4 aromatic carbocycles. The fourth-order valence-corrected chi connectivity index (χ4v) is 3.99. The third-order valence-corrected chi connectivity index (χ3v) is 5.71. The number of hydrogen-bond acceptors (Lipinski definition) is 3. The Balaban J connectivity index is 1.55. The molecule has 2 amide bonds. The molecule has 0 aromatic heterocycles. The van der Waals surface area contributed by atoms with Crippen molar-refractivity contribution >= 4 is 35.0 Å². The lowest BCUT2D eigenvalue weighted by Gasteiger charge is -2.14. The molecule has 0 heterocycles. The molecule has 0 fully saturated rings. The van der Waals surface area contributed by atoms with Crippen LogP contribution >= 0.6 is 11.8 Å². The van der Waals surface area contributed by atoms with Crippen molar-refractivity contribution in [2.75, 3.05) is 10.6 Å². The Kier molecular flexibility index (Phi) is 6.45. The van der Waals surface area contributed by atoms with Crippen molar-refractivity contribution in [1.29, 1.82) is 0 Å². The number of amides is 2. The van der Waals surface area contributed by atoms with Gasteiger partial charge in [0.25, 0.3) is 11.8 Å². The first kappa shape index (κ1) is 20.4. The predicted molar refractivity (Wildman–Crippen MR) is 126 cm³/mol. The number of hydrogen-bond donors (Lipinski definition) is 2. The van der Waals surface area contributed by atoms with Crippen molar-refractivity contribution in [3.63, 3.8) is 0 Å². The first-order chi connectivity index (χ1) is 15.2. The smallest absolute Gasteiger partial charge is 0.255 e. The SMILES string of the molecule is O=C(Nc1ccccc1Sc1ccccc1NC(=O)c1ccccc1)c1ccccc1. The maximum absolute atomic E-state index is 12.6. The van der Waals surface area contributed by atoms with Gasteiger partial charge in [-0.2, -0.15) is 0 Å². The molecule has 0 saturated heterocycles. The molecule has 31 heavy (non-hydrogen) atoms. The van der Waals surface area contributed by atoms with Crippen LogP contribution in [0.1, 0.15) is 20.7 Å².